The van der Waals surface area contributed by atoms with E-state index in [0.29, 0.717) is 11.5 Å². The number of nitrogens with zero attached hydrogens (tertiary/aromatic N) is 2. The molecular formula is C20H13FN2O. The molecular weight excluding hydrogens is 303 g/mol. The van der Waals surface area contributed by atoms with Crippen LogP contribution in [0.15, 0.2) is 83.3 Å². The number of hydrogen-bond donors (Lipinski definition) is 0. The van der Waals surface area contributed by atoms with Crippen LogP contribution in [0.5, 0.6) is 0 Å². The average molecular weight is 316 g/mol. The molecule has 0 atom stereocenters. The van der Waals surface area contributed by atoms with E-state index < -0.39 is 0 Å². The lowest BCUT2D eigenvalue weighted by molar-refractivity contribution is 0.570. The Morgan fingerprint density at radius 2 is 1.17 bits per heavy atom. The van der Waals surface area contributed by atoms with Crippen molar-refractivity contribution in [2.45, 2.75) is 0 Å². The predicted molar refractivity (Wildman–Crippen MR) is 90.6 cm³/mol. The largest absolute Gasteiger partial charge is 0.416 e. The molecule has 116 valence electrons. The van der Waals surface area contributed by atoms with Crippen LogP contribution in [0, 0.1) is 5.82 Å². The number of benzene rings is 3. The Bertz CT molecular complexity index is 962. The Hall–Kier alpha value is -3.27. The third-order valence-corrected chi connectivity index (χ3v) is 3.77. The molecule has 0 fully saturated rings. The van der Waals surface area contributed by atoms with Crippen LogP contribution in [-0.2, 0) is 0 Å². The number of rotatable bonds is 3. The quantitative estimate of drug-likeness (QED) is 0.521. The van der Waals surface area contributed by atoms with Gasteiger partial charge in [-0.2, -0.15) is 0 Å². The van der Waals surface area contributed by atoms with Crippen molar-refractivity contribution in [2.75, 3.05) is 0 Å². The van der Waals surface area contributed by atoms with Crippen LogP contribution in [0.2, 0.25) is 0 Å². The first-order chi connectivity index (χ1) is 11.8. The smallest absolute Gasteiger partial charge is 0.251 e. The summed E-state index contributed by atoms with van der Waals surface area (Å²) in [6.45, 7) is 0. The number of aromatic nitrogens is 2. The molecule has 0 radical (unpaired) electrons. The molecule has 1 aromatic heterocycles. The minimum absolute atomic E-state index is 0.176. The lowest BCUT2D eigenvalue weighted by atomic mass is 10.0. The Morgan fingerprint density at radius 1 is 0.583 bits per heavy atom. The normalized spacial score (nSPS) is 10.7. The molecule has 4 heteroatoms. The highest BCUT2D eigenvalue weighted by atomic mass is 19.1. The molecule has 0 saturated heterocycles. The van der Waals surface area contributed by atoms with E-state index >= 15 is 0 Å². The molecule has 0 N–H and O–H groups in total. The maximum atomic E-state index is 13.8. The lowest BCUT2D eigenvalue weighted by Crippen LogP contribution is -1.82. The van der Waals surface area contributed by atoms with Gasteiger partial charge in [0.05, 0.1) is 5.56 Å². The molecule has 3 nitrogen and oxygen atoms in total. The summed E-state index contributed by atoms with van der Waals surface area (Å²) in [6.07, 6.45) is 0. The van der Waals surface area contributed by atoms with Crippen molar-refractivity contribution in [3.63, 3.8) is 0 Å². The standard InChI is InChI=1S/C20H13FN2O/c21-18-9-5-4-8-17(18)20-23-22-19(24-20)16-12-10-15(11-13-16)14-6-2-1-3-7-14/h1-13H. The summed E-state index contributed by atoms with van der Waals surface area (Å²) >= 11 is 0. The van der Waals surface area contributed by atoms with Gasteiger partial charge in [0.25, 0.3) is 5.89 Å². The molecule has 0 amide bonds. The fourth-order valence-corrected chi connectivity index (χ4v) is 2.52. The van der Waals surface area contributed by atoms with Crippen LogP contribution in [0.25, 0.3) is 34.0 Å². The van der Waals surface area contributed by atoms with E-state index in [1.807, 2.05) is 42.5 Å². The highest BCUT2D eigenvalue weighted by Gasteiger charge is 2.13. The molecule has 4 rings (SSSR count). The molecule has 0 unspecified atom stereocenters. The van der Waals surface area contributed by atoms with Crippen LogP contribution >= 0.6 is 0 Å². The fourth-order valence-electron chi connectivity index (χ4n) is 2.52. The number of halogens is 1. The number of hydrogen-bond acceptors (Lipinski definition) is 3. The zero-order chi connectivity index (χ0) is 16.4. The van der Waals surface area contributed by atoms with E-state index in [2.05, 4.69) is 22.3 Å². The van der Waals surface area contributed by atoms with E-state index in [1.165, 1.54) is 6.07 Å². The van der Waals surface area contributed by atoms with Gasteiger partial charge in [-0.15, -0.1) is 10.2 Å². The Balaban J connectivity index is 1.65. The van der Waals surface area contributed by atoms with Crippen LogP contribution in [0.4, 0.5) is 4.39 Å². The van der Waals surface area contributed by atoms with Crippen molar-refractivity contribution < 1.29 is 8.81 Å². The summed E-state index contributed by atoms with van der Waals surface area (Å²) in [5, 5.41) is 7.97. The summed E-state index contributed by atoms with van der Waals surface area (Å²) in [5.41, 5.74) is 3.34. The first-order valence-electron chi connectivity index (χ1n) is 7.55. The predicted octanol–water partition coefficient (Wildman–Crippen LogP) is 5.21. The molecule has 0 saturated carbocycles. The molecule has 0 aliphatic carbocycles. The van der Waals surface area contributed by atoms with Gasteiger partial charge in [0.1, 0.15) is 5.82 Å². The van der Waals surface area contributed by atoms with Crippen molar-refractivity contribution in [1.82, 2.24) is 10.2 Å². The molecule has 0 aliphatic heterocycles. The van der Waals surface area contributed by atoms with Crippen molar-refractivity contribution in [3.8, 4) is 34.0 Å². The van der Waals surface area contributed by atoms with Gasteiger partial charge < -0.3 is 4.42 Å². The molecule has 0 aliphatic rings. The molecule has 4 aromatic rings. The minimum atomic E-state index is -0.382. The highest BCUT2D eigenvalue weighted by Crippen LogP contribution is 2.27. The van der Waals surface area contributed by atoms with Crippen LogP contribution in [-0.4, -0.2) is 10.2 Å². The van der Waals surface area contributed by atoms with E-state index in [4.69, 9.17) is 4.42 Å². The third-order valence-electron chi connectivity index (χ3n) is 3.77. The summed E-state index contributed by atoms with van der Waals surface area (Å²) in [4.78, 5) is 0. The first-order valence-corrected chi connectivity index (χ1v) is 7.55. The van der Waals surface area contributed by atoms with E-state index in [1.54, 1.807) is 18.2 Å². The van der Waals surface area contributed by atoms with Crippen molar-refractivity contribution in [2.24, 2.45) is 0 Å². The minimum Gasteiger partial charge on any atom is -0.416 e. The van der Waals surface area contributed by atoms with E-state index in [9.17, 15) is 4.39 Å². The maximum Gasteiger partial charge on any atom is 0.251 e. The second-order valence-electron chi connectivity index (χ2n) is 5.34. The van der Waals surface area contributed by atoms with Gasteiger partial charge in [0.15, 0.2) is 0 Å². The monoisotopic (exact) mass is 316 g/mol. The zero-order valence-electron chi connectivity index (χ0n) is 12.7. The van der Waals surface area contributed by atoms with Crippen LogP contribution in [0.3, 0.4) is 0 Å². The zero-order valence-corrected chi connectivity index (χ0v) is 12.7. The second-order valence-corrected chi connectivity index (χ2v) is 5.34. The summed E-state index contributed by atoms with van der Waals surface area (Å²) in [6, 6.07) is 24.3. The highest BCUT2D eigenvalue weighted by molar-refractivity contribution is 5.67. The van der Waals surface area contributed by atoms with Gasteiger partial charge in [-0.25, -0.2) is 4.39 Å². The van der Waals surface area contributed by atoms with Gasteiger partial charge in [0, 0.05) is 5.56 Å². The van der Waals surface area contributed by atoms with E-state index in [0.717, 1.165) is 16.7 Å². The fraction of sp³-hybridized carbons (Fsp3) is 0. The summed E-state index contributed by atoms with van der Waals surface area (Å²) < 4.78 is 19.4. The SMILES string of the molecule is Fc1ccccc1-c1nnc(-c2ccc(-c3ccccc3)cc2)o1. The van der Waals surface area contributed by atoms with Crippen LogP contribution < -0.4 is 0 Å². The van der Waals surface area contributed by atoms with E-state index in [-0.39, 0.29) is 11.7 Å². The Labute approximate surface area is 138 Å². The van der Waals surface area contributed by atoms with Crippen molar-refractivity contribution in [3.05, 3.63) is 84.7 Å². The molecule has 3 aromatic carbocycles. The topological polar surface area (TPSA) is 38.9 Å². The molecule has 0 bridgehead atoms. The third kappa shape index (κ3) is 2.70. The first kappa shape index (κ1) is 14.3. The van der Waals surface area contributed by atoms with Crippen LogP contribution in [0.1, 0.15) is 0 Å². The van der Waals surface area contributed by atoms with Gasteiger partial charge >= 0.3 is 0 Å². The van der Waals surface area contributed by atoms with Gasteiger partial charge in [-0.3, -0.25) is 0 Å². The van der Waals surface area contributed by atoms with Gasteiger partial charge in [-0.05, 0) is 35.4 Å². The molecule has 1 heterocycles. The Kier molecular flexibility index (Phi) is 3.63. The summed E-state index contributed by atoms with van der Waals surface area (Å²) in [7, 11) is 0. The van der Waals surface area contributed by atoms with Crippen molar-refractivity contribution in [1.29, 1.82) is 0 Å². The Morgan fingerprint density at radius 3 is 1.92 bits per heavy atom. The lowest BCUT2D eigenvalue weighted by Gasteiger charge is -2.02. The molecule has 0 spiro atoms. The summed E-state index contributed by atoms with van der Waals surface area (Å²) in [5.74, 6) is 0.162. The average Bonchev–Trinajstić information content (AvgIpc) is 3.13. The van der Waals surface area contributed by atoms with Gasteiger partial charge in [-0.1, -0.05) is 54.6 Å². The van der Waals surface area contributed by atoms with Gasteiger partial charge in [0.2, 0.25) is 5.89 Å². The maximum absolute atomic E-state index is 13.8. The second kappa shape index (κ2) is 6.08. The molecule has 24 heavy (non-hydrogen) atoms. The van der Waals surface area contributed by atoms with Crippen molar-refractivity contribution >= 4 is 0 Å².